The van der Waals surface area contributed by atoms with Gasteiger partial charge in [-0.1, -0.05) is 111 Å². The van der Waals surface area contributed by atoms with Gasteiger partial charge in [0.05, 0.1) is 47.7 Å². The fourth-order valence-corrected chi connectivity index (χ4v) is 36.5. The van der Waals surface area contributed by atoms with E-state index in [1.165, 1.54) is 89.9 Å². The van der Waals surface area contributed by atoms with Crippen molar-refractivity contribution in [1.82, 2.24) is 4.72 Å². The Kier molecular flexibility index (Phi) is 25.5. The predicted octanol–water partition coefficient (Wildman–Crippen LogP) is 19.8. The third-order valence-electron chi connectivity index (χ3n) is 44.5. The van der Waals surface area contributed by atoms with Gasteiger partial charge in [0, 0.05) is 29.6 Å². The van der Waals surface area contributed by atoms with Gasteiger partial charge in [-0.3, -0.25) is 43.1 Å². The van der Waals surface area contributed by atoms with E-state index < -0.39 is 33.1 Å². The summed E-state index contributed by atoms with van der Waals surface area (Å²) < 4.78 is 65.0. The third kappa shape index (κ3) is 16.6. The van der Waals surface area contributed by atoms with Crippen molar-refractivity contribution in [3.8, 4) is 0 Å². The Morgan fingerprint density at radius 1 is 0.414 bits per heavy atom. The number of ether oxygens (including phenoxy) is 7. The summed E-state index contributed by atoms with van der Waals surface area (Å²) in [5.41, 5.74) is -1.31. The highest BCUT2D eigenvalue weighted by molar-refractivity contribution is 7.89. The highest BCUT2D eigenvalue weighted by atomic mass is 32.2. The van der Waals surface area contributed by atoms with Crippen LogP contribution in [0, 0.1) is 260 Å². The molecule has 2 heterocycles. The zero-order valence-electron chi connectivity index (χ0n) is 81.8. The number of amides is 1. The molecule has 23 saturated carbocycles. The highest BCUT2D eigenvalue weighted by Crippen LogP contribution is 2.67. The number of hydrogen-bond donors (Lipinski definition) is 1. The molecule has 20 heteroatoms. The van der Waals surface area contributed by atoms with Crippen LogP contribution in [0.15, 0.2) is 0 Å². The second kappa shape index (κ2) is 34.9. The standard InChI is InChI=1S/C22H34O2.C21H32O2.C20H32O3.C18H24O4.C16H24O4.C11H19NO3S/c1-4-22(17-6-14-5-15(8-17)9-18(22)7-14)24-21(23)20-11-16-10-19(20)13(3)12(16)2;1-11-12(2)18-9-15(11)10-19(18)20(22)23-21(3)16-5-13-4-14(7-16)8-17(21)6-13;1-11-6-7-17(18(21)8-11)20(4,5)23-19(22)16-10-14-9-15(16)13(3)12(14)2;1-7-8(2)11-3-9(7)4-13(11)17(19)21-15-10-5-12-14(6-10)18(20)22-16(12)15;1-8-9(2)11-5-10(8)6-12(11)14(17)20-13-15(18)19-7-16(13,3)4;1-6-7(2)9-4-8(6)5-10(9)11(13)12-16(3,14)15/h12-20H,4-11H2,1-3H3;11-19H,4-10H2,1-3H3;11-17H,6-10H2,1-5H3;7-16H,3-6H2,1-2H3;8-13H,5-7H2,1-4H3;6-10H,4-5H2,1-3H3,(H,12,13). The molecule has 25 fully saturated rings. The largest absolute Gasteiger partial charge is 0.462 e. The lowest BCUT2D eigenvalue weighted by atomic mass is 9.49. The van der Waals surface area contributed by atoms with Crippen molar-refractivity contribution in [3.05, 3.63) is 0 Å². The van der Waals surface area contributed by atoms with E-state index in [1.807, 2.05) is 27.7 Å². The average molecular weight is 1800 g/mol. The topological polar surface area (TPSA) is 264 Å². The molecule has 0 radical (unpaired) electrons. The van der Waals surface area contributed by atoms with Crippen LogP contribution in [0.25, 0.3) is 0 Å². The van der Waals surface area contributed by atoms with E-state index in [2.05, 4.69) is 109 Å². The van der Waals surface area contributed by atoms with Gasteiger partial charge in [0.25, 0.3) is 0 Å². The fourth-order valence-electron chi connectivity index (χ4n) is 36.0. The van der Waals surface area contributed by atoms with Crippen molar-refractivity contribution in [3.63, 3.8) is 0 Å². The van der Waals surface area contributed by atoms with Gasteiger partial charge < -0.3 is 33.2 Å². The second-order valence-corrected chi connectivity index (χ2v) is 52.9. The SMILES string of the molecule is CC1C2CC(C(=O)NS(C)(=O)=O)C(C2)C1C.CC1C2CC(C(=O)OC3(C)C4CC5CC(C4)CC3C5)C(C2)C1C.CC1C2CC(C(=O)OC3C(=O)OCC3(C)C)C(C2)C1C.CC1C2CC(C(=O)OC3C4CC5C(=O)OC3C5C4)C(C2)C1C.CC1CCC(C(C)(C)OC(=O)C2CC3CC2C(C)C3C)C(=O)C1.CCC1(OC(=O)C2CC3CC2C(C)C3C)C2CC3CC(C2)CC1C3. The zero-order valence-corrected chi connectivity index (χ0v) is 82.6. The van der Waals surface area contributed by atoms with Crippen molar-refractivity contribution < 1.29 is 84.7 Å². The molecule has 716 valence electrons. The number of rotatable bonds is 14. The van der Waals surface area contributed by atoms with Crippen LogP contribution in [0.4, 0.5) is 0 Å². The third-order valence-corrected chi connectivity index (χ3v) is 45.0. The van der Waals surface area contributed by atoms with Crippen LogP contribution < -0.4 is 4.72 Å². The maximum absolute atomic E-state index is 13.2. The van der Waals surface area contributed by atoms with Gasteiger partial charge in [0.15, 0.2) is 0 Å². The van der Waals surface area contributed by atoms with Gasteiger partial charge in [-0.2, -0.15) is 0 Å². The number of nitrogens with one attached hydrogen (secondary N) is 1. The van der Waals surface area contributed by atoms with Crippen LogP contribution in [-0.2, 0) is 86.3 Å². The summed E-state index contributed by atoms with van der Waals surface area (Å²) in [5.74, 6) is 23.0. The quantitative estimate of drug-likeness (QED) is 0.125. The average Bonchev–Trinajstić information content (AvgIpc) is 1.37. The predicted molar refractivity (Wildman–Crippen MR) is 485 cm³/mol. The first kappa shape index (κ1) is 93.8. The minimum atomic E-state index is -3.41. The summed E-state index contributed by atoms with van der Waals surface area (Å²) in [6.45, 7) is 42.4. The molecule has 0 aromatic rings. The molecule has 1 amide bonds. The van der Waals surface area contributed by atoms with Crippen LogP contribution in [0.1, 0.15) is 311 Å². The van der Waals surface area contributed by atoms with E-state index >= 15 is 0 Å². The summed E-state index contributed by atoms with van der Waals surface area (Å²) in [6, 6.07) is 0. The van der Waals surface area contributed by atoms with Crippen molar-refractivity contribution in [2.24, 2.45) is 260 Å². The maximum atomic E-state index is 13.2. The van der Waals surface area contributed by atoms with Gasteiger partial charge in [-0.05, 0) is 389 Å². The van der Waals surface area contributed by atoms with Crippen LogP contribution in [0.2, 0.25) is 0 Å². The Bertz CT molecular complexity index is 4270. The van der Waals surface area contributed by atoms with Gasteiger partial charge in [0.2, 0.25) is 22.0 Å². The Morgan fingerprint density at radius 2 is 0.781 bits per heavy atom. The number of hydrogen-bond acceptors (Lipinski definition) is 18. The Hall–Kier alpha value is -4.62. The molecule has 22 bridgehead atoms. The van der Waals surface area contributed by atoms with Crippen molar-refractivity contribution >= 4 is 63.5 Å². The molecule has 2 aliphatic heterocycles. The molecule has 0 aromatic carbocycles. The number of carbonyl (C=O) groups is 9. The van der Waals surface area contributed by atoms with Gasteiger partial charge in [-0.15, -0.1) is 0 Å². The molecule has 2 saturated heterocycles. The minimum absolute atomic E-state index is 0.0108. The summed E-state index contributed by atoms with van der Waals surface area (Å²) in [6.07, 6.45) is 32.1. The molecule has 25 rings (SSSR count). The highest BCUT2D eigenvalue weighted by Gasteiger charge is 2.67. The summed E-state index contributed by atoms with van der Waals surface area (Å²) in [4.78, 5) is 112. The normalized spacial score (nSPS) is 51.6. The van der Waals surface area contributed by atoms with Crippen LogP contribution >= 0.6 is 0 Å². The molecule has 19 nitrogen and oxygen atoms in total. The number of cyclic esters (lactones) is 1. The van der Waals surface area contributed by atoms with Crippen molar-refractivity contribution in [2.75, 3.05) is 12.9 Å². The zero-order chi connectivity index (χ0) is 91.4. The van der Waals surface area contributed by atoms with Gasteiger partial charge in [-0.25, -0.2) is 13.2 Å². The number of sulfonamides is 1. The lowest BCUT2D eigenvalue weighted by Gasteiger charge is -2.60. The summed E-state index contributed by atoms with van der Waals surface area (Å²) >= 11 is 0. The van der Waals surface area contributed by atoms with Gasteiger partial charge >= 0.3 is 41.8 Å². The summed E-state index contributed by atoms with van der Waals surface area (Å²) in [5, 5.41) is 0. The Balaban J connectivity index is 0.000000104. The molecule has 38 atom stereocenters. The number of esters is 7. The first-order valence-corrected chi connectivity index (χ1v) is 54.7. The Morgan fingerprint density at radius 3 is 1.16 bits per heavy atom. The van der Waals surface area contributed by atoms with Crippen LogP contribution in [0.3, 0.4) is 0 Å². The molecule has 0 spiro atoms. The molecular weight excluding hydrogens is 1630 g/mol. The molecule has 38 unspecified atom stereocenters. The number of ketones is 1. The van der Waals surface area contributed by atoms with Crippen LogP contribution in [-0.4, -0.2) is 110 Å². The first-order chi connectivity index (χ1) is 60.3. The van der Waals surface area contributed by atoms with E-state index in [1.54, 1.807) is 0 Å². The van der Waals surface area contributed by atoms with E-state index in [0.29, 0.717) is 161 Å². The molecular formula is C108H165NO18S. The molecule has 0 aromatic heterocycles. The first-order valence-electron chi connectivity index (χ1n) is 52.8. The van der Waals surface area contributed by atoms with E-state index in [9.17, 15) is 51.6 Å². The Labute approximate surface area is 767 Å². The van der Waals surface area contributed by atoms with Crippen molar-refractivity contribution in [1.29, 1.82) is 0 Å². The molecule has 1 N–H and O–H groups in total. The van der Waals surface area contributed by atoms with E-state index in [-0.39, 0.29) is 118 Å². The monoisotopic (exact) mass is 1800 g/mol. The number of fused-ring (bicyclic) bond motifs is 13. The van der Waals surface area contributed by atoms with Crippen LogP contribution in [0.5, 0.6) is 0 Å². The second-order valence-electron chi connectivity index (χ2n) is 51.2. The number of carbonyl (C=O) groups excluding carboxylic acids is 9. The summed E-state index contributed by atoms with van der Waals surface area (Å²) in [7, 11) is -3.41. The minimum Gasteiger partial charge on any atom is -0.462 e. The van der Waals surface area contributed by atoms with Crippen molar-refractivity contribution in [2.45, 2.75) is 346 Å². The lowest BCUT2D eigenvalue weighted by Crippen LogP contribution is -2.60. The molecule has 25 aliphatic rings. The lowest BCUT2D eigenvalue weighted by molar-refractivity contribution is -0.216. The molecule has 128 heavy (non-hydrogen) atoms. The number of Topliss-reactive ketones (excluding diaryl/α,β-unsaturated/α-hetero) is 1. The van der Waals surface area contributed by atoms with E-state index in [0.717, 1.165) is 149 Å². The fraction of sp³-hybridized carbons (Fsp3) is 0.917. The maximum Gasteiger partial charge on any atom is 0.348 e. The van der Waals surface area contributed by atoms with Gasteiger partial charge in [0.1, 0.15) is 41.4 Å². The molecule has 23 aliphatic carbocycles. The smallest absolute Gasteiger partial charge is 0.348 e. The van der Waals surface area contributed by atoms with E-state index in [4.69, 9.17) is 33.2 Å².